The highest BCUT2D eigenvalue weighted by Crippen LogP contribution is 2.18. The van der Waals surface area contributed by atoms with E-state index < -0.39 is 5.97 Å². The Morgan fingerprint density at radius 3 is 2.44 bits per heavy atom. The van der Waals surface area contributed by atoms with Crippen LogP contribution >= 0.6 is 0 Å². The monoisotopic (exact) mass is 216 g/mol. The summed E-state index contributed by atoms with van der Waals surface area (Å²) in [7, 11) is 1.70. The van der Waals surface area contributed by atoms with Gasteiger partial charge in [-0.2, -0.15) is 0 Å². The van der Waals surface area contributed by atoms with Crippen molar-refractivity contribution in [1.29, 1.82) is 0 Å². The lowest BCUT2D eigenvalue weighted by Gasteiger charge is -2.03. The van der Waals surface area contributed by atoms with Crippen molar-refractivity contribution in [3.63, 3.8) is 0 Å². The summed E-state index contributed by atoms with van der Waals surface area (Å²) < 4.78 is 1.58. The van der Waals surface area contributed by atoms with Crippen molar-refractivity contribution in [2.75, 3.05) is 0 Å². The van der Waals surface area contributed by atoms with Crippen LogP contribution in [-0.2, 0) is 7.05 Å². The van der Waals surface area contributed by atoms with Crippen LogP contribution in [0.25, 0.3) is 11.4 Å². The third kappa shape index (κ3) is 1.69. The molecule has 16 heavy (non-hydrogen) atoms. The topological polar surface area (TPSA) is 55.1 Å². The van der Waals surface area contributed by atoms with Crippen LogP contribution in [0.3, 0.4) is 0 Å². The first-order valence-electron chi connectivity index (χ1n) is 4.91. The molecular weight excluding hydrogens is 204 g/mol. The Kier molecular flexibility index (Phi) is 2.48. The van der Waals surface area contributed by atoms with E-state index in [1.807, 2.05) is 31.2 Å². The van der Waals surface area contributed by atoms with E-state index in [1.165, 1.54) is 6.20 Å². The van der Waals surface area contributed by atoms with E-state index in [9.17, 15) is 4.79 Å². The van der Waals surface area contributed by atoms with Crippen LogP contribution in [0.4, 0.5) is 0 Å². The number of carboxylic acid groups (broad SMARTS) is 1. The van der Waals surface area contributed by atoms with Gasteiger partial charge in [0.2, 0.25) is 0 Å². The first kappa shape index (κ1) is 10.4. The van der Waals surface area contributed by atoms with Gasteiger partial charge in [-0.15, -0.1) is 0 Å². The van der Waals surface area contributed by atoms with E-state index in [1.54, 1.807) is 11.6 Å². The molecule has 1 N–H and O–H groups in total. The molecular formula is C12H12N2O2. The quantitative estimate of drug-likeness (QED) is 0.836. The Balaban J connectivity index is 2.49. The van der Waals surface area contributed by atoms with Gasteiger partial charge in [0.15, 0.2) is 0 Å². The van der Waals surface area contributed by atoms with Gasteiger partial charge in [0.1, 0.15) is 11.5 Å². The Bertz CT molecular complexity index is 526. The third-order valence-electron chi connectivity index (χ3n) is 2.52. The number of imidazole rings is 1. The lowest BCUT2D eigenvalue weighted by atomic mass is 10.1. The zero-order valence-electron chi connectivity index (χ0n) is 9.14. The van der Waals surface area contributed by atoms with Gasteiger partial charge >= 0.3 is 5.97 Å². The summed E-state index contributed by atoms with van der Waals surface area (Å²) >= 11 is 0. The molecule has 0 fully saturated rings. The van der Waals surface area contributed by atoms with E-state index >= 15 is 0 Å². The zero-order valence-corrected chi connectivity index (χ0v) is 9.14. The molecule has 0 unspecified atom stereocenters. The maximum absolute atomic E-state index is 10.9. The maximum Gasteiger partial charge on any atom is 0.354 e. The van der Waals surface area contributed by atoms with Crippen molar-refractivity contribution in [3.8, 4) is 11.4 Å². The fourth-order valence-electron chi connectivity index (χ4n) is 1.58. The van der Waals surface area contributed by atoms with Crippen molar-refractivity contribution in [2.45, 2.75) is 6.92 Å². The summed E-state index contributed by atoms with van der Waals surface area (Å²) in [5.74, 6) is -0.300. The Hall–Kier alpha value is -2.10. The highest BCUT2D eigenvalue weighted by atomic mass is 16.4. The van der Waals surface area contributed by atoms with Gasteiger partial charge in [-0.3, -0.25) is 0 Å². The van der Waals surface area contributed by atoms with Crippen molar-refractivity contribution < 1.29 is 9.90 Å². The van der Waals surface area contributed by atoms with Crippen LogP contribution in [0.5, 0.6) is 0 Å². The van der Waals surface area contributed by atoms with E-state index in [-0.39, 0.29) is 5.69 Å². The molecule has 0 aliphatic carbocycles. The summed E-state index contributed by atoms with van der Waals surface area (Å²) in [4.78, 5) is 15.0. The number of rotatable bonds is 2. The number of carbonyl (C=O) groups is 1. The minimum atomic E-state index is -0.964. The molecule has 0 saturated carbocycles. The van der Waals surface area contributed by atoms with Gasteiger partial charge in [-0.05, 0) is 6.92 Å². The summed E-state index contributed by atoms with van der Waals surface area (Å²) in [5, 5.41) is 8.91. The molecule has 82 valence electrons. The summed E-state index contributed by atoms with van der Waals surface area (Å²) in [6.07, 6.45) is 1.37. The number of nitrogens with zero attached hydrogens (tertiary/aromatic N) is 2. The van der Waals surface area contributed by atoms with Gasteiger partial charge in [0, 0.05) is 12.6 Å². The summed E-state index contributed by atoms with van der Waals surface area (Å²) in [5.41, 5.74) is 2.27. The fourth-order valence-corrected chi connectivity index (χ4v) is 1.58. The largest absolute Gasteiger partial charge is 0.477 e. The van der Waals surface area contributed by atoms with Crippen LogP contribution in [0.15, 0.2) is 30.5 Å². The second-order valence-electron chi connectivity index (χ2n) is 3.70. The molecule has 0 aliphatic heterocycles. The molecule has 0 radical (unpaired) electrons. The van der Waals surface area contributed by atoms with Crippen molar-refractivity contribution in [2.24, 2.45) is 7.05 Å². The molecule has 1 aromatic carbocycles. The van der Waals surface area contributed by atoms with Crippen LogP contribution in [0.2, 0.25) is 0 Å². The predicted molar refractivity (Wildman–Crippen MR) is 60.3 cm³/mol. The van der Waals surface area contributed by atoms with E-state index in [0.29, 0.717) is 5.82 Å². The first-order valence-corrected chi connectivity index (χ1v) is 4.91. The zero-order chi connectivity index (χ0) is 11.7. The molecule has 4 heteroatoms. The Morgan fingerprint density at radius 1 is 1.31 bits per heavy atom. The SMILES string of the molecule is Cc1ccc(-c2ncc(C(=O)O)n2C)cc1. The molecule has 1 aromatic heterocycles. The minimum absolute atomic E-state index is 0.190. The summed E-state index contributed by atoms with van der Waals surface area (Å²) in [6.45, 7) is 2.00. The third-order valence-corrected chi connectivity index (χ3v) is 2.52. The van der Waals surface area contributed by atoms with E-state index in [0.717, 1.165) is 11.1 Å². The minimum Gasteiger partial charge on any atom is -0.477 e. The molecule has 0 bridgehead atoms. The number of hydrogen-bond donors (Lipinski definition) is 1. The molecule has 1 heterocycles. The molecule has 2 rings (SSSR count). The van der Waals surface area contributed by atoms with E-state index in [4.69, 9.17) is 5.11 Å². The number of aromatic carboxylic acids is 1. The second kappa shape index (κ2) is 3.81. The molecule has 2 aromatic rings. The smallest absolute Gasteiger partial charge is 0.354 e. The molecule has 0 aliphatic rings. The Labute approximate surface area is 93.2 Å². The normalized spacial score (nSPS) is 10.4. The van der Waals surface area contributed by atoms with Crippen molar-refractivity contribution >= 4 is 5.97 Å². The number of hydrogen-bond acceptors (Lipinski definition) is 2. The number of aromatic nitrogens is 2. The Morgan fingerprint density at radius 2 is 1.94 bits per heavy atom. The molecule has 0 spiro atoms. The fraction of sp³-hybridized carbons (Fsp3) is 0.167. The number of benzene rings is 1. The van der Waals surface area contributed by atoms with E-state index in [2.05, 4.69) is 4.98 Å². The highest BCUT2D eigenvalue weighted by molar-refractivity contribution is 5.86. The number of carboxylic acids is 1. The molecule has 4 nitrogen and oxygen atoms in total. The average Bonchev–Trinajstić information content (AvgIpc) is 2.61. The van der Waals surface area contributed by atoms with Crippen molar-refractivity contribution in [1.82, 2.24) is 9.55 Å². The van der Waals surface area contributed by atoms with Crippen LogP contribution in [-0.4, -0.2) is 20.6 Å². The van der Waals surface area contributed by atoms with Gasteiger partial charge in [0.25, 0.3) is 0 Å². The average molecular weight is 216 g/mol. The van der Waals surface area contributed by atoms with Crippen LogP contribution in [0, 0.1) is 6.92 Å². The van der Waals surface area contributed by atoms with Gasteiger partial charge in [-0.1, -0.05) is 29.8 Å². The lowest BCUT2D eigenvalue weighted by Crippen LogP contribution is -2.05. The summed E-state index contributed by atoms with van der Waals surface area (Å²) in [6, 6.07) is 7.82. The van der Waals surface area contributed by atoms with Crippen LogP contribution in [0.1, 0.15) is 16.1 Å². The molecule has 0 saturated heterocycles. The van der Waals surface area contributed by atoms with Crippen molar-refractivity contribution in [3.05, 3.63) is 41.7 Å². The van der Waals surface area contributed by atoms with Gasteiger partial charge in [0.05, 0.1) is 6.20 Å². The number of aryl methyl sites for hydroxylation is 1. The highest BCUT2D eigenvalue weighted by Gasteiger charge is 2.13. The second-order valence-corrected chi connectivity index (χ2v) is 3.70. The standard InChI is InChI=1S/C12H12N2O2/c1-8-3-5-9(6-4-8)11-13-7-10(12(15)16)14(11)2/h3-7H,1-2H3,(H,15,16). The molecule has 0 amide bonds. The predicted octanol–water partition coefficient (Wildman–Crippen LogP) is 2.09. The lowest BCUT2D eigenvalue weighted by molar-refractivity contribution is 0.0686. The maximum atomic E-state index is 10.9. The van der Waals surface area contributed by atoms with Crippen LogP contribution < -0.4 is 0 Å². The molecule has 0 atom stereocenters. The first-order chi connectivity index (χ1) is 7.59. The van der Waals surface area contributed by atoms with Gasteiger partial charge < -0.3 is 9.67 Å². The van der Waals surface area contributed by atoms with Gasteiger partial charge in [-0.25, -0.2) is 9.78 Å².